The van der Waals surface area contributed by atoms with Crippen molar-refractivity contribution in [1.29, 1.82) is 0 Å². The summed E-state index contributed by atoms with van der Waals surface area (Å²) < 4.78 is 0. The lowest BCUT2D eigenvalue weighted by molar-refractivity contribution is 1.25. The highest BCUT2D eigenvalue weighted by Crippen LogP contribution is 2.19. The molecule has 66 valence electrons. The molecule has 2 N–H and O–H groups in total. The second-order valence-electron chi connectivity index (χ2n) is 2.85. The van der Waals surface area contributed by atoms with Gasteiger partial charge in [0.05, 0.1) is 0 Å². The first kappa shape index (κ1) is 10.8. The summed E-state index contributed by atoms with van der Waals surface area (Å²) in [5.41, 5.74) is 9.46. The highest BCUT2D eigenvalue weighted by Gasteiger charge is 2.02. The molecule has 0 heterocycles. The van der Waals surface area contributed by atoms with E-state index in [0.29, 0.717) is 5.70 Å². The molecule has 0 fully saturated rings. The first-order valence-electron chi connectivity index (χ1n) is 3.96. The van der Waals surface area contributed by atoms with Gasteiger partial charge < -0.3 is 5.73 Å². The third-order valence-electron chi connectivity index (χ3n) is 1.67. The Hall–Kier alpha value is -1.24. The molecule has 0 aromatic carbocycles. The third-order valence-corrected chi connectivity index (χ3v) is 1.67. The quantitative estimate of drug-likeness (QED) is 0.636. The highest BCUT2D eigenvalue weighted by molar-refractivity contribution is 5.50. The summed E-state index contributed by atoms with van der Waals surface area (Å²) in [6, 6.07) is 0. The number of allylic oxidation sites excluding steroid dienone is 4. The first-order valence-corrected chi connectivity index (χ1v) is 3.96. The van der Waals surface area contributed by atoms with Gasteiger partial charge in [-0.25, -0.2) is 0 Å². The monoisotopic (exact) mass is 163 g/mol. The van der Waals surface area contributed by atoms with Gasteiger partial charge in [-0.15, -0.1) is 0 Å². The van der Waals surface area contributed by atoms with Gasteiger partial charge in [0.2, 0.25) is 0 Å². The Morgan fingerprint density at radius 2 is 1.83 bits per heavy atom. The fourth-order valence-corrected chi connectivity index (χ4v) is 1.10. The molecule has 1 nitrogen and oxygen atoms in total. The lowest BCUT2D eigenvalue weighted by Crippen LogP contribution is -2.01. The van der Waals surface area contributed by atoms with E-state index in [2.05, 4.69) is 13.2 Å². The minimum absolute atomic E-state index is 0.591. The number of hydrogen-bond donors (Lipinski definition) is 1. The molecule has 0 radical (unpaired) electrons. The highest BCUT2D eigenvalue weighted by atomic mass is 14.6. The second kappa shape index (κ2) is 4.60. The maximum Gasteiger partial charge on any atom is 0.0317 e. The van der Waals surface area contributed by atoms with E-state index < -0.39 is 0 Å². The van der Waals surface area contributed by atoms with Crippen molar-refractivity contribution >= 4 is 0 Å². The summed E-state index contributed by atoms with van der Waals surface area (Å²) in [6.07, 6.45) is 3.76. The van der Waals surface area contributed by atoms with Gasteiger partial charge in [0.1, 0.15) is 0 Å². The predicted octanol–water partition coefficient (Wildman–Crippen LogP) is 2.93. The molecule has 0 aromatic rings. The van der Waals surface area contributed by atoms with Crippen LogP contribution in [0, 0.1) is 0 Å². The van der Waals surface area contributed by atoms with E-state index in [1.54, 1.807) is 0 Å². The lowest BCUT2D eigenvalue weighted by Gasteiger charge is -2.09. The average molecular weight is 163 g/mol. The van der Waals surface area contributed by atoms with E-state index in [1.807, 2.05) is 32.9 Å². The van der Waals surface area contributed by atoms with Crippen LogP contribution >= 0.6 is 0 Å². The Balaban J connectivity index is 5.12. The van der Waals surface area contributed by atoms with Gasteiger partial charge in [0.25, 0.3) is 0 Å². The summed E-state index contributed by atoms with van der Waals surface area (Å²) in [7, 11) is 0. The van der Waals surface area contributed by atoms with Crippen molar-refractivity contribution in [2.24, 2.45) is 5.73 Å². The van der Waals surface area contributed by atoms with Crippen LogP contribution in [-0.2, 0) is 0 Å². The zero-order chi connectivity index (χ0) is 9.72. The smallest absolute Gasteiger partial charge is 0.0317 e. The fourth-order valence-electron chi connectivity index (χ4n) is 1.10. The molecule has 0 amide bonds. The molecule has 0 atom stereocenters. The summed E-state index contributed by atoms with van der Waals surface area (Å²) in [5.74, 6) is 0. The van der Waals surface area contributed by atoms with Crippen LogP contribution < -0.4 is 5.73 Å². The van der Waals surface area contributed by atoms with Crippen LogP contribution in [-0.4, -0.2) is 0 Å². The molecule has 0 saturated carbocycles. The third kappa shape index (κ3) is 2.42. The Kier molecular flexibility index (Phi) is 4.12. The fraction of sp³-hybridized carbons (Fsp3) is 0.273. The van der Waals surface area contributed by atoms with Crippen LogP contribution in [0.2, 0.25) is 0 Å². The van der Waals surface area contributed by atoms with Gasteiger partial charge in [-0.2, -0.15) is 0 Å². The molecule has 0 aliphatic heterocycles. The Morgan fingerprint density at radius 3 is 1.92 bits per heavy atom. The predicted molar refractivity (Wildman–Crippen MR) is 55.7 cm³/mol. The summed E-state index contributed by atoms with van der Waals surface area (Å²) in [4.78, 5) is 0. The molecule has 0 bridgehead atoms. The van der Waals surface area contributed by atoms with Crippen molar-refractivity contribution in [1.82, 2.24) is 0 Å². The van der Waals surface area contributed by atoms with E-state index in [1.165, 1.54) is 5.57 Å². The van der Waals surface area contributed by atoms with Crippen molar-refractivity contribution in [2.75, 3.05) is 0 Å². The van der Waals surface area contributed by atoms with Crippen molar-refractivity contribution in [3.05, 3.63) is 47.7 Å². The molecule has 12 heavy (non-hydrogen) atoms. The molecule has 0 spiro atoms. The van der Waals surface area contributed by atoms with Crippen LogP contribution in [0.3, 0.4) is 0 Å². The lowest BCUT2D eigenvalue weighted by atomic mass is 9.99. The maximum absolute atomic E-state index is 5.62. The van der Waals surface area contributed by atoms with Crippen molar-refractivity contribution < 1.29 is 0 Å². The zero-order valence-corrected chi connectivity index (χ0v) is 8.15. The molecular weight excluding hydrogens is 146 g/mol. The molecule has 1 heteroatoms. The Morgan fingerprint density at radius 1 is 1.33 bits per heavy atom. The van der Waals surface area contributed by atoms with Gasteiger partial charge in [0, 0.05) is 5.70 Å². The van der Waals surface area contributed by atoms with E-state index in [4.69, 9.17) is 5.73 Å². The number of hydrogen-bond acceptors (Lipinski definition) is 1. The molecule has 0 aromatic heterocycles. The van der Waals surface area contributed by atoms with Crippen LogP contribution in [0.4, 0.5) is 0 Å². The maximum atomic E-state index is 5.62. The van der Waals surface area contributed by atoms with E-state index in [9.17, 15) is 0 Å². The van der Waals surface area contributed by atoms with Crippen molar-refractivity contribution in [2.45, 2.75) is 20.8 Å². The normalized spacial score (nSPS) is 10.8. The van der Waals surface area contributed by atoms with Crippen LogP contribution in [0.25, 0.3) is 0 Å². The van der Waals surface area contributed by atoms with Gasteiger partial charge in [-0.3, -0.25) is 0 Å². The molecule has 0 saturated heterocycles. The van der Waals surface area contributed by atoms with E-state index in [0.717, 1.165) is 11.1 Å². The SMILES string of the molecule is C=CC(=C(C)C)/C(=C\C)C(=C)N. The van der Waals surface area contributed by atoms with E-state index >= 15 is 0 Å². The van der Waals surface area contributed by atoms with Crippen molar-refractivity contribution in [3.63, 3.8) is 0 Å². The Bertz CT molecular complexity index is 250. The standard InChI is InChI=1S/C11H17N/c1-6-10(8(3)4)11(7-2)9(5)12/h6-7H,1,5,12H2,2-4H3/b11-7-. The summed E-state index contributed by atoms with van der Waals surface area (Å²) in [5, 5.41) is 0. The van der Waals surface area contributed by atoms with Crippen LogP contribution in [0.1, 0.15) is 20.8 Å². The first-order chi connectivity index (χ1) is 5.54. The van der Waals surface area contributed by atoms with E-state index in [-0.39, 0.29) is 0 Å². The summed E-state index contributed by atoms with van der Waals surface area (Å²) in [6.45, 7) is 13.4. The minimum Gasteiger partial charge on any atom is -0.399 e. The molecular formula is C11H17N. The molecule has 0 aliphatic carbocycles. The molecule has 0 rings (SSSR count). The van der Waals surface area contributed by atoms with Gasteiger partial charge >= 0.3 is 0 Å². The molecule has 0 aliphatic rings. The summed E-state index contributed by atoms with van der Waals surface area (Å²) >= 11 is 0. The Labute approximate surface area is 75.0 Å². The van der Waals surface area contributed by atoms with Crippen LogP contribution in [0.15, 0.2) is 47.7 Å². The second-order valence-corrected chi connectivity index (χ2v) is 2.85. The van der Waals surface area contributed by atoms with Crippen LogP contribution in [0.5, 0.6) is 0 Å². The van der Waals surface area contributed by atoms with Gasteiger partial charge in [-0.1, -0.05) is 30.9 Å². The molecule has 0 unspecified atom stereocenters. The zero-order valence-electron chi connectivity index (χ0n) is 8.15. The largest absolute Gasteiger partial charge is 0.399 e. The van der Waals surface area contributed by atoms with Gasteiger partial charge in [0.15, 0.2) is 0 Å². The average Bonchev–Trinajstić information content (AvgIpc) is 1.98. The van der Waals surface area contributed by atoms with Gasteiger partial charge in [-0.05, 0) is 31.9 Å². The minimum atomic E-state index is 0.591. The van der Waals surface area contributed by atoms with Crippen molar-refractivity contribution in [3.8, 4) is 0 Å². The topological polar surface area (TPSA) is 26.0 Å². The number of nitrogens with two attached hydrogens (primary N) is 1. The number of rotatable bonds is 3.